The van der Waals surface area contributed by atoms with E-state index < -0.39 is 0 Å². The summed E-state index contributed by atoms with van der Waals surface area (Å²) in [6, 6.07) is 12.6. The van der Waals surface area contributed by atoms with E-state index in [0.29, 0.717) is 33.3 Å². The molecule has 0 unspecified atom stereocenters. The van der Waals surface area contributed by atoms with E-state index in [1.807, 2.05) is 13.0 Å². The van der Waals surface area contributed by atoms with Gasteiger partial charge in [-0.25, -0.2) is 0 Å². The zero-order chi connectivity index (χ0) is 23.0. The molecule has 0 aliphatic carbocycles. The number of aromatic nitrogens is 2. The summed E-state index contributed by atoms with van der Waals surface area (Å²) in [4.78, 5) is 24.3. The van der Waals surface area contributed by atoms with Crippen LogP contribution in [0, 0.1) is 0 Å². The Morgan fingerprint density at radius 2 is 1.94 bits per heavy atom. The molecule has 33 heavy (non-hydrogen) atoms. The van der Waals surface area contributed by atoms with Crippen LogP contribution in [0.1, 0.15) is 12.5 Å². The summed E-state index contributed by atoms with van der Waals surface area (Å²) >= 11 is 2.44. The van der Waals surface area contributed by atoms with Gasteiger partial charge in [-0.3, -0.25) is 14.9 Å². The third-order valence-corrected chi connectivity index (χ3v) is 6.21. The number of nitrogens with zero attached hydrogens (tertiary/aromatic N) is 2. The van der Waals surface area contributed by atoms with Crippen LogP contribution >= 0.6 is 23.1 Å². The van der Waals surface area contributed by atoms with Gasteiger partial charge in [-0.2, -0.15) is 0 Å². The molecule has 2 heterocycles. The largest absolute Gasteiger partial charge is 0.494 e. The van der Waals surface area contributed by atoms with Crippen LogP contribution in [0.2, 0.25) is 0 Å². The van der Waals surface area contributed by atoms with Crippen molar-refractivity contribution in [3.63, 3.8) is 0 Å². The van der Waals surface area contributed by atoms with Crippen molar-refractivity contribution in [2.24, 2.45) is 0 Å². The molecule has 1 aromatic heterocycles. The van der Waals surface area contributed by atoms with Crippen molar-refractivity contribution < 1.29 is 23.8 Å². The number of nitrogens with one attached hydrogen (secondary N) is 2. The Morgan fingerprint density at radius 3 is 2.76 bits per heavy atom. The molecule has 2 amide bonds. The van der Waals surface area contributed by atoms with Gasteiger partial charge in [-0.1, -0.05) is 29.2 Å². The number of amides is 2. The zero-order valence-corrected chi connectivity index (χ0v) is 19.2. The smallest absolute Gasteiger partial charge is 0.250 e. The van der Waals surface area contributed by atoms with Gasteiger partial charge < -0.3 is 19.5 Å². The molecule has 1 aliphatic heterocycles. The van der Waals surface area contributed by atoms with Gasteiger partial charge in [0, 0.05) is 11.8 Å². The van der Waals surface area contributed by atoms with Crippen LogP contribution in [0.15, 0.2) is 52.9 Å². The van der Waals surface area contributed by atoms with Crippen molar-refractivity contribution in [3.05, 3.63) is 54.1 Å². The standard InChI is InChI=1S/C22H20N4O5S2/c1-2-29-16-7-5-15(6-8-16)23-20(28)12-32-22-26-25-21(33-22)24-19(27)10-4-14-3-9-17-18(11-14)31-13-30-17/h3-11H,2,12-13H2,1H3,(H,23,28)(H,24,25,27)/b10-4-. The van der Waals surface area contributed by atoms with E-state index in [1.165, 1.54) is 29.2 Å². The molecule has 2 aromatic carbocycles. The summed E-state index contributed by atoms with van der Waals surface area (Å²) in [6.45, 7) is 2.70. The summed E-state index contributed by atoms with van der Waals surface area (Å²) in [6.07, 6.45) is 3.06. The Hall–Kier alpha value is -3.57. The molecule has 11 heteroatoms. The number of thioether (sulfide) groups is 1. The van der Waals surface area contributed by atoms with Crippen LogP contribution < -0.4 is 24.8 Å². The van der Waals surface area contributed by atoms with Crippen molar-refractivity contribution in [2.45, 2.75) is 11.3 Å². The van der Waals surface area contributed by atoms with Gasteiger partial charge in [0.25, 0.3) is 0 Å². The third-order valence-electron chi connectivity index (χ3n) is 4.24. The van der Waals surface area contributed by atoms with Crippen molar-refractivity contribution in [2.75, 3.05) is 29.8 Å². The van der Waals surface area contributed by atoms with Gasteiger partial charge in [0.1, 0.15) is 5.75 Å². The van der Waals surface area contributed by atoms with Gasteiger partial charge in [-0.05, 0) is 55.0 Å². The molecule has 0 saturated heterocycles. The van der Waals surface area contributed by atoms with E-state index in [9.17, 15) is 9.59 Å². The van der Waals surface area contributed by atoms with Crippen LogP contribution in [0.5, 0.6) is 17.2 Å². The Morgan fingerprint density at radius 1 is 1.12 bits per heavy atom. The van der Waals surface area contributed by atoms with E-state index in [2.05, 4.69) is 20.8 Å². The Kier molecular flexibility index (Phi) is 7.43. The summed E-state index contributed by atoms with van der Waals surface area (Å²) in [7, 11) is 0. The van der Waals surface area contributed by atoms with Crippen LogP contribution in [0.4, 0.5) is 10.8 Å². The van der Waals surface area contributed by atoms with E-state index in [0.717, 1.165) is 11.3 Å². The number of hydrogen-bond acceptors (Lipinski definition) is 9. The lowest BCUT2D eigenvalue weighted by Gasteiger charge is -2.06. The molecular weight excluding hydrogens is 464 g/mol. The van der Waals surface area contributed by atoms with Crippen LogP contribution in [-0.2, 0) is 9.59 Å². The lowest BCUT2D eigenvalue weighted by atomic mass is 10.2. The number of carbonyl (C=O) groups is 2. The van der Waals surface area contributed by atoms with Crippen LogP contribution in [0.3, 0.4) is 0 Å². The van der Waals surface area contributed by atoms with E-state index in [1.54, 1.807) is 42.5 Å². The van der Waals surface area contributed by atoms with E-state index in [4.69, 9.17) is 14.2 Å². The Labute approximate surface area is 198 Å². The number of rotatable bonds is 9. The monoisotopic (exact) mass is 484 g/mol. The maximum absolute atomic E-state index is 12.2. The van der Waals surface area contributed by atoms with Gasteiger partial charge in [0.2, 0.25) is 23.7 Å². The Balaban J connectivity index is 1.23. The molecule has 170 valence electrons. The number of hydrogen-bond donors (Lipinski definition) is 2. The minimum Gasteiger partial charge on any atom is -0.494 e. The molecule has 1 aliphatic rings. The maximum Gasteiger partial charge on any atom is 0.250 e. The maximum atomic E-state index is 12.2. The first-order valence-corrected chi connectivity index (χ1v) is 11.8. The molecular formula is C22H20N4O5S2. The molecule has 3 aromatic rings. The molecule has 0 atom stereocenters. The van der Waals surface area contributed by atoms with Crippen molar-refractivity contribution in [1.82, 2.24) is 10.2 Å². The SMILES string of the molecule is CCOc1ccc(NC(=O)CSc2nnc(NC(=O)/C=C\c3ccc4c(c3)OCO4)s2)cc1. The summed E-state index contributed by atoms with van der Waals surface area (Å²) in [5, 5.41) is 13.8. The number of fused-ring (bicyclic) bond motifs is 1. The fourth-order valence-electron chi connectivity index (χ4n) is 2.78. The fourth-order valence-corrected chi connectivity index (χ4v) is 4.33. The van der Waals surface area contributed by atoms with E-state index in [-0.39, 0.29) is 24.4 Å². The highest BCUT2D eigenvalue weighted by Crippen LogP contribution is 2.32. The third kappa shape index (κ3) is 6.46. The second-order valence-electron chi connectivity index (χ2n) is 6.60. The van der Waals surface area contributed by atoms with Crippen molar-refractivity contribution in [3.8, 4) is 17.2 Å². The Bertz CT molecular complexity index is 1160. The second kappa shape index (κ2) is 10.8. The minimum absolute atomic E-state index is 0.166. The van der Waals surface area contributed by atoms with Crippen molar-refractivity contribution in [1.29, 1.82) is 0 Å². The van der Waals surface area contributed by atoms with Gasteiger partial charge in [0.15, 0.2) is 15.8 Å². The minimum atomic E-state index is -0.339. The highest BCUT2D eigenvalue weighted by atomic mass is 32.2. The number of carbonyl (C=O) groups excluding carboxylic acids is 2. The average molecular weight is 485 g/mol. The number of anilines is 2. The fraction of sp³-hybridized carbons (Fsp3) is 0.182. The van der Waals surface area contributed by atoms with Gasteiger partial charge in [0.05, 0.1) is 12.4 Å². The lowest BCUT2D eigenvalue weighted by molar-refractivity contribution is -0.114. The second-order valence-corrected chi connectivity index (χ2v) is 8.80. The first-order valence-electron chi connectivity index (χ1n) is 9.97. The molecule has 0 fully saturated rings. The van der Waals surface area contributed by atoms with E-state index >= 15 is 0 Å². The average Bonchev–Trinajstić information content (AvgIpc) is 3.47. The van der Waals surface area contributed by atoms with Crippen LogP contribution in [-0.4, -0.2) is 41.2 Å². The van der Waals surface area contributed by atoms with Crippen molar-refractivity contribution >= 4 is 51.8 Å². The molecule has 0 radical (unpaired) electrons. The predicted molar refractivity (Wildman–Crippen MR) is 127 cm³/mol. The quantitative estimate of drug-likeness (QED) is 0.266. The summed E-state index contributed by atoms with van der Waals surface area (Å²) in [5.41, 5.74) is 1.49. The first kappa shape index (κ1) is 22.6. The van der Waals surface area contributed by atoms with Gasteiger partial charge >= 0.3 is 0 Å². The highest BCUT2D eigenvalue weighted by molar-refractivity contribution is 8.01. The topological polar surface area (TPSA) is 112 Å². The van der Waals surface area contributed by atoms with Crippen LogP contribution in [0.25, 0.3) is 6.08 Å². The molecule has 0 bridgehead atoms. The number of benzene rings is 2. The molecule has 4 rings (SSSR count). The molecule has 0 saturated carbocycles. The normalized spacial score (nSPS) is 12.0. The first-order chi connectivity index (χ1) is 16.1. The number of ether oxygens (including phenoxy) is 3. The summed E-state index contributed by atoms with van der Waals surface area (Å²) in [5.74, 6) is 1.74. The molecule has 2 N–H and O–H groups in total. The lowest BCUT2D eigenvalue weighted by Crippen LogP contribution is -2.13. The van der Waals surface area contributed by atoms with Gasteiger partial charge in [-0.15, -0.1) is 10.2 Å². The molecule has 0 spiro atoms. The molecule has 9 nitrogen and oxygen atoms in total. The summed E-state index contributed by atoms with van der Waals surface area (Å²) < 4.78 is 16.5. The zero-order valence-electron chi connectivity index (χ0n) is 17.6. The predicted octanol–water partition coefficient (Wildman–Crippen LogP) is 4.05. The highest BCUT2D eigenvalue weighted by Gasteiger charge is 2.13.